The molecule has 0 saturated heterocycles. The van der Waals surface area contributed by atoms with Crippen molar-refractivity contribution in [3.63, 3.8) is 0 Å². The fraction of sp³-hybridized carbons (Fsp3) is 0.188. The number of amides is 2. The Labute approximate surface area is 122 Å². The molecule has 0 fully saturated rings. The summed E-state index contributed by atoms with van der Waals surface area (Å²) in [6, 6.07) is 12.7. The van der Waals surface area contributed by atoms with Gasteiger partial charge in [-0.05, 0) is 36.8 Å². The number of hydrogen-bond donors (Lipinski definition) is 2. The Morgan fingerprint density at radius 3 is 2.67 bits per heavy atom. The average molecular weight is 288 g/mol. The number of hydrogen-bond acceptors (Lipinski definition) is 2. The molecule has 0 aliphatic rings. The van der Waals surface area contributed by atoms with Gasteiger partial charge < -0.3 is 15.4 Å². The maximum absolute atomic E-state index is 13.5. The Kier molecular flexibility index (Phi) is 4.77. The first-order chi connectivity index (χ1) is 10.1. The van der Waals surface area contributed by atoms with Crippen molar-refractivity contribution in [3.8, 4) is 5.75 Å². The molecule has 5 heteroatoms. The Morgan fingerprint density at radius 1 is 1.19 bits per heavy atom. The van der Waals surface area contributed by atoms with Crippen molar-refractivity contribution < 1.29 is 13.9 Å². The van der Waals surface area contributed by atoms with Gasteiger partial charge in [0.1, 0.15) is 11.6 Å². The van der Waals surface area contributed by atoms with Crippen LogP contribution in [0.25, 0.3) is 0 Å². The second-order valence-electron chi connectivity index (χ2n) is 4.58. The van der Waals surface area contributed by atoms with E-state index >= 15 is 0 Å². The Hall–Kier alpha value is -2.56. The van der Waals surface area contributed by atoms with Crippen LogP contribution in [0.5, 0.6) is 5.75 Å². The number of carbonyl (C=O) groups excluding carboxylic acids is 1. The summed E-state index contributed by atoms with van der Waals surface area (Å²) in [5.41, 5.74) is 1.05. The van der Waals surface area contributed by atoms with Crippen molar-refractivity contribution in [2.24, 2.45) is 0 Å². The highest BCUT2D eigenvalue weighted by atomic mass is 19.1. The summed E-state index contributed by atoms with van der Waals surface area (Å²) in [6.45, 7) is 1.84. The van der Waals surface area contributed by atoms with E-state index in [1.54, 1.807) is 19.2 Å². The van der Waals surface area contributed by atoms with Crippen molar-refractivity contribution in [1.29, 1.82) is 0 Å². The average Bonchev–Trinajstić information content (AvgIpc) is 2.49. The summed E-state index contributed by atoms with van der Waals surface area (Å²) in [4.78, 5) is 11.9. The molecule has 110 valence electrons. The molecule has 0 saturated carbocycles. The number of ether oxygens (including phenoxy) is 1. The SMILES string of the molecule is COc1cccc([C@@H](C)NC(=O)Nc2ccccc2F)c1. The van der Waals surface area contributed by atoms with E-state index in [-0.39, 0.29) is 11.7 Å². The highest BCUT2D eigenvalue weighted by Gasteiger charge is 2.11. The van der Waals surface area contributed by atoms with Crippen molar-refractivity contribution in [1.82, 2.24) is 5.32 Å². The molecule has 0 aromatic heterocycles. The monoisotopic (exact) mass is 288 g/mol. The zero-order valence-electron chi connectivity index (χ0n) is 11.9. The summed E-state index contributed by atoms with van der Waals surface area (Å²) in [5, 5.41) is 5.23. The van der Waals surface area contributed by atoms with E-state index in [1.165, 1.54) is 12.1 Å². The predicted molar refractivity (Wildman–Crippen MR) is 80.0 cm³/mol. The Morgan fingerprint density at radius 2 is 1.95 bits per heavy atom. The smallest absolute Gasteiger partial charge is 0.319 e. The number of nitrogens with one attached hydrogen (secondary N) is 2. The molecule has 0 aliphatic carbocycles. The fourth-order valence-corrected chi connectivity index (χ4v) is 1.91. The van der Waals surface area contributed by atoms with Gasteiger partial charge in [0.15, 0.2) is 0 Å². The lowest BCUT2D eigenvalue weighted by Crippen LogP contribution is -2.31. The minimum atomic E-state index is -0.471. The van der Waals surface area contributed by atoms with E-state index in [1.807, 2.05) is 31.2 Å². The zero-order valence-corrected chi connectivity index (χ0v) is 11.9. The van der Waals surface area contributed by atoms with Crippen LogP contribution in [-0.2, 0) is 0 Å². The van der Waals surface area contributed by atoms with E-state index in [2.05, 4.69) is 10.6 Å². The van der Waals surface area contributed by atoms with Crippen molar-refractivity contribution in [2.75, 3.05) is 12.4 Å². The van der Waals surface area contributed by atoms with Crippen LogP contribution in [0.2, 0.25) is 0 Å². The number of benzene rings is 2. The summed E-state index contributed by atoms with van der Waals surface area (Å²) in [6.07, 6.45) is 0. The maximum atomic E-state index is 13.5. The van der Waals surface area contributed by atoms with Gasteiger partial charge in [-0.3, -0.25) is 0 Å². The number of para-hydroxylation sites is 1. The third kappa shape index (κ3) is 3.95. The van der Waals surface area contributed by atoms with Gasteiger partial charge in [-0.25, -0.2) is 9.18 Å². The number of halogens is 1. The van der Waals surface area contributed by atoms with Crippen LogP contribution in [-0.4, -0.2) is 13.1 Å². The van der Waals surface area contributed by atoms with Crippen LogP contribution in [0.3, 0.4) is 0 Å². The summed E-state index contributed by atoms with van der Waals surface area (Å²) < 4.78 is 18.6. The molecular weight excluding hydrogens is 271 g/mol. The molecule has 2 amide bonds. The minimum Gasteiger partial charge on any atom is -0.497 e. The lowest BCUT2D eigenvalue weighted by atomic mass is 10.1. The molecule has 2 aromatic carbocycles. The molecular formula is C16H17FN2O2. The van der Waals surface area contributed by atoms with Gasteiger partial charge in [0.05, 0.1) is 18.8 Å². The fourth-order valence-electron chi connectivity index (χ4n) is 1.91. The molecule has 0 bridgehead atoms. The Balaban J connectivity index is 2.00. The lowest BCUT2D eigenvalue weighted by molar-refractivity contribution is 0.249. The van der Waals surface area contributed by atoms with Gasteiger partial charge in [0.25, 0.3) is 0 Å². The highest BCUT2D eigenvalue weighted by Crippen LogP contribution is 2.19. The van der Waals surface area contributed by atoms with Gasteiger partial charge in [-0.2, -0.15) is 0 Å². The lowest BCUT2D eigenvalue weighted by Gasteiger charge is -2.16. The second-order valence-corrected chi connectivity index (χ2v) is 4.58. The highest BCUT2D eigenvalue weighted by molar-refractivity contribution is 5.89. The molecule has 2 rings (SSSR count). The van der Waals surface area contributed by atoms with Gasteiger partial charge in [0.2, 0.25) is 0 Å². The number of methoxy groups -OCH3 is 1. The summed E-state index contributed by atoms with van der Waals surface area (Å²) in [7, 11) is 1.59. The van der Waals surface area contributed by atoms with Crippen molar-refractivity contribution >= 4 is 11.7 Å². The molecule has 0 aliphatic heterocycles. The van der Waals surface area contributed by atoms with E-state index in [4.69, 9.17) is 4.74 Å². The first-order valence-corrected chi connectivity index (χ1v) is 6.56. The predicted octanol–water partition coefficient (Wildman–Crippen LogP) is 3.72. The molecule has 2 aromatic rings. The van der Waals surface area contributed by atoms with Crippen LogP contribution < -0.4 is 15.4 Å². The topological polar surface area (TPSA) is 50.4 Å². The molecule has 0 spiro atoms. The number of urea groups is 1. The molecule has 4 nitrogen and oxygen atoms in total. The second kappa shape index (κ2) is 6.74. The molecule has 2 N–H and O–H groups in total. The van der Waals surface area contributed by atoms with E-state index in [0.717, 1.165) is 11.3 Å². The summed E-state index contributed by atoms with van der Waals surface area (Å²) in [5.74, 6) is 0.248. The first kappa shape index (κ1) is 14.8. The van der Waals surface area contributed by atoms with Crippen LogP contribution in [0.4, 0.5) is 14.9 Å². The Bertz CT molecular complexity index is 631. The molecule has 0 heterocycles. The number of anilines is 1. The normalized spacial score (nSPS) is 11.6. The van der Waals surface area contributed by atoms with E-state index in [9.17, 15) is 9.18 Å². The van der Waals surface area contributed by atoms with Gasteiger partial charge in [-0.1, -0.05) is 24.3 Å². The quantitative estimate of drug-likeness (QED) is 0.901. The van der Waals surface area contributed by atoms with E-state index in [0.29, 0.717) is 0 Å². The summed E-state index contributed by atoms with van der Waals surface area (Å²) >= 11 is 0. The van der Waals surface area contributed by atoms with Crippen molar-refractivity contribution in [2.45, 2.75) is 13.0 Å². The van der Waals surface area contributed by atoms with Crippen LogP contribution >= 0.6 is 0 Å². The zero-order chi connectivity index (χ0) is 15.2. The van der Waals surface area contributed by atoms with Gasteiger partial charge in [0, 0.05) is 0 Å². The third-order valence-corrected chi connectivity index (χ3v) is 3.06. The standard InChI is InChI=1S/C16H17FN2O2/c1-11(12-6-5-7-13(10-12)21-2)18-16(20)19-15-9-4-3-8-14(15)17/h3-11H,1-2H3,(H2,18,19,20)/t11-/m1/s1. The molecule has 0 unspecified atom stereocenters. The molecule has 21 heavy (non-hydrogen) atoms. The van der Waals surface area contributed by atoms with E-state index < -0.39 is 11.8 Å². The first-order valence-electron chi connectivity index (χ1n) is 6.56. The molecule has 1 atom stereocenters. The maximum Gasteiger partial charge on any atom is 0.319 e. The number of carbonyl (C=O) groups is 1. The third-order valence-electron chi connectivity index (χ3n) is 3.06. The molecule has 0 radical (unpaired) electrons. The van der Waals surface area contributed by atoms with Gasteiger partial charge in [-0.15, -0.1) is 0 Å². The van der Waals surface area contributed by atoms with Crippen LogP contribution in [0.1, 0.15) is 18.5 Å². The van der Waals surface area contributed by atoms with Crippen LogP contribution in [0.15, 0.2) is 48.5 Å². The van der Waals surface area contributed by atoms with Crippen molar-refractivity contribution in [3.05, 3.63) is 59.9 Å². The van der Waals surface area contributed by atoms with Gasteiger partial charge >= 0.3 is 6.03 Å². The largest absolute Gasteiger partial charge is 0.497 e. The number of rotatable bonds is 4. The van der Waals surface area contributed by atoms with Crippen LogP contribution in [0, 0.1) is 5.82 Å². The minimum absolute atomic E-state index is 0.146.